The highest BCUT2D eigenvalue weighted by molar-refractivity contribution is 7.89. The first kappa shape index (κ1) is 22.5. The van der Waals surface area contributed by atoms with Crippen molar-refractivity contribution in [1.82, 2.24) is 4.72 Å². The van der Waals surface area contributed by atoms with Crippen LogP contribution in [0, 0.1) is 5.92 Å². The van der Waals surface area contributed by atoms with Gasteiger partial charge >= 0.3 is 5.97 Å². The Labute approximate surface area is 171 Å². The molecular formula is C20H26N4O4S. The summed E-state index contributed by atoms with van der Waals surface area (Å²) < 4.78 is 27.2. The Balaban J connectivity index is 2.11. The predicted molar refractivity (Wildman–Crippen MR) is 113 cm³/mol. The van der Waals surface area contributed by atoms with Crippen LogP contribution in [0.1, 0.15) is 20.3 Å². The van der Waals surface area contributed by atoms with E-state index in [0.29, 0.717) is 11.4 Å². The van der Waals surface area contributed by atoms with E-state index in [1.807, 2.05) is 57.1 Å². The number of anilines is 1. The third-order valence-corrected chi connectivity index (χ3v) is 5.58. The van der Waals surface area contributed by atoms with Gasteiger partial charge in [-0.1, -0.05) is 13.8 Å². The highest BCUT2D eigenvalue weighted by atomic mass is 32.2. The van der Waals surface area contributed by atoms with Gasteiger partial charge in [-0.05, 0) is 60.9 Å². The zero-order valence-electron chi connectivity index (χ0n) is 16.9. The summed E-state index contributed by atoms with van der Waals surface area (Å²) in [5.74, 6) is -1.17. The summed E-state index contributed by atoms with van der Waals surface area (Å²) in [5, 5.41) is 17.5. The molecule has 0 spiro atoms. The first-order chi connectivity index (χ1) is 13.6. The molecule has 0 unspecified atom stereocenters. The summed E-state index contributed by atoms with van der Waals surface area (Å²) in [5.41, 5.74) is 2.20. The van der Waals surface area contributed by atoms with Gasteiger partial charge < -0.3 is 10.0 Å². The first-order valence-corrected chi connectivity index (χ1v) is 10.6. The van der Waals surface area contributed by atoms with Crippen LogP contribution < -0.4 is 9.62 Å². The standard InChI is InChI=1S/C20H26N4O4S/c1-14(2)13-19(20(25)26)23-29(27,28)18-11-7-16(8-12-18)22-21-15-5-9-17(10-6-15)24(3)4/h5-12,14,19,23H,13H2,1-4H3,(H,25,26)/b22-21+/t19-/m0/s1. The lowest BCUT2D eigenvalue weighted by Crippen LogP contribution is -2.41. The van der Waals surface area contributed by atoms with Crippen LogP contribution in [0.15, 0.2) is 63.7 Å². The molecule has 29 heavy (non-hydrogen) atoms. The molecule has 0 fully saturated rings. The second kappa shape index (κ2) is 9.62. The molecule has 0 radical (unpaired) electrons. The third kappa shape index (κ3) is 6.65. The topological polar surface area (TPSA) is 111 Å². The van der Waals surface area contributed by atoms with E-state index in [-0.39, 0.29) is 17.2 Å². The maximum Gasteiger partial charge on any atom is 0.321 e. The summed E-state index contributed by atoms with van der Waals surface area (Å²) >= 11 is 0. The smallest absolute Gasteiger partial charge is 0.321 e. The molecule has 1 atom stereocenters. The maximum atomic E-state index is 12.5. The van der Waals surface area contributed by atoms with E-state index < -0.39 is 22.0 Å². The van der Waals surface area contributed by atoms with Crippen molar-refractivity contribution in [3.05, 3.63) is 48.5 Å². The largest absolute Gasteiger partial charge is 0.480 e. The highest BCUT2D eigenvalue weighted by Gasteiger charge is 2.26. The number of aliphatic carboxylic acids is 1. The molecule has 0 bridgehead atoms. The van der Waals surface area contributed by atoms with Gasteiger partial charge in [0.25, 0.3) is 0 Å². The van der Waals surface area contributed by atoms with Crippen molar-refractivity contribution in [3.8, 4) is 0 Å². The van der Waals surface area contributed by atoms with E-state index in [1.54, 1.807) is 0 Å². The number of azo groups is 1. The predicted octanol–water partition coefficient (Wildman–Crippen LogP) is 3.95. The number of nitrogens with one attached hydrogen (secondary N) is 1. The van der Waals surface area contributed by atoms with Gasteiger partial charge in [0.2, 0.25) is 10.0 Å². The SMILES string of the molecule is CC(C)C[C@H](NS(=O)(=O)c1ccc(/N=N/c2ccc(N(C)C)cc2)cc1)C(=O)O. The molecule has 2 N–H and O–H groups in total. The van der Waals surface area contributed by atoms with Crippen LogP contribution in [0.5, 0.6) is 0 Å². The number of benzene rings is 2. The summed E-state index contributed by atoms with van der Waals surface area (Å²) in [6.07, 6.45) is 0.202. The van der Waals surface area contributed by atoms with Gasteiger partial charge in [-0.15, -0.1) is 0 Å². The lowest BCUT2D eigenvalue weighted by molar-refractivity contribution is -0.139. The van der Waals surface area contributed by atoms with Crippen LogP contribution >= 0.6 is 0 Å². The molecule has 0 aliphatic rings. The molecule has 0 saturated heterocycles. The monoisotopic (exact) mass is 418 g/mol. The van der Waals surface area contributed by atoms with Crippen molar-refractivity contribution in [2.75, 3.05) is 19.0 Å². The number of carboxylic acids is 1. The number of rotatable bonds is 9. The van der Waals surface area contributed by atoms with Crippen molar-refractivity contribution in [1.29, 1.82) is 0 Å². The van der Waals surface area contributed by atoms with E-state index in [9.17, 15) is 18.3 Å². The molecular weight excluding hydrogens is 392 g/mol. The quantitative estimate of drug-likeness (QED) is 0.599. The van der Waals surface area contributed by atoms with E-state index in [0.717, 1.165) is 5.69 Å². The van der Waals surface area contributed by atoms with Gasteiger partial charge in [0.1, 0.15) is 6.04 Å². The van der Waals surface area contributed by atoms with Crippen molar-refractivity contribution in [2.45, 2.75) is 31.2 Å². The second-order valence-electron chi connectivity index (χ2n) is 7.25. The third-order valence-electron chi connectivity index (χ3n) is 4.10. The Morgan fingerprint density at radius 1 is 1.00 bits per heavy atom. The lowest BCUT2D eigenvalue weighted by Gasteiger charge is -2.16. The van der Waals surface area contributed by atoms with Gasteiger partial charge in [0, 0.05) is 19.8 Å². The minimum atomic E-state index is -3.95. The van der Waals surface area contributed by atoms with Gasteiger partial charge in [-0.2, -0.15) is 15.0 Å². The fourth-order valence-corrected chi connectivity index (χ4v) is 3.75. The van der Waals surface area contributed by atoms with Gasteiger partial charge in [0.15, 0.2) is 0 Å². The Morgan fingerprint density at radius 3 is 1.90 bits per heavy atom. The van der Waals surface area contributed by atoms with Crippen molar-refractivity contribution >= 4 is 33.1 Å². The Bertz CT molecular complexity index is 953. The average Bonchev–Trinajstić information content (AvgIpc) is 2.66. The normalized spacial score (nSPS) is 13.0. The maximum absolute atomic E-state index is 12.5. The highest BCUT2D eigenvalue weighted by Crippen LogP contribution is 2.22. The van der Waals surface area contributed by atoms with Gasteiger partial charge in [-0.25, -0.2) is 8.42 Å². The molecule has 0 heterocycles. The van der Waals surface area contributed by atoms with Crippen LogP contribution in [0.3, 0.4) is 0 Å². The molecule has 0 aliphatic carbocycles. The molecule has 0 aliphatic heterocycles. The minimum absolute atomic E-state index is 0.0261. The number of nitrogens with zero attached hydrogens (tertiary/aromatic N) is 3. The summed E-state index contributed by atoms with van der Waals surface area (Å²) in [6.45, 7) is 3.66. The molecule has 2 aromatic carbocycles. The van der Waals surface area contributed by atoms with E-state index in [4.69, 9.17) is 0 Å². The fraction of sp³-hybridized carbons (Fsp3) is 0.350. The van der Waals surface area contributed by atoms with Crippen LogP contribution in [-0.2, 0) is 14.8 Å². The zero-order chi connectivity index (χ0) is 21.6. The van der Waals surface area contributed by atoms with E-state index in [1.165, 1.54) is 24.3 Å². The molecule has 2 rings (SSSR count). The van der Waals surface area contributed by atoms with Crippen LogP contribution in [0.25, 0.3) is 0 Å². The molecule has 0 saturated carbocycles. The molecule has 0 aromatic heterocycles. The fourth-order valence-electron chi connectivity index (χ4n) is 2.55. The van der Waals surface area contributed by atoms with E-state index >= 15 is 0 Å². The van der Waals surface area contributed by atoms with Crippen molar-refractivity contribution < 1.29 is 18.3 Å². The first-order valence-electron chi connectivity index (χ1n) is 9.13. The minimum Gasteiger partial charge on any atom is -0.480 e. The number of hydrogen-bond donors (Lipinski definition) is 2. The molecule has 9 heteroatoms. The number of carboxylic acid groups (broad SMARTS) is 1. The number of hydrogen-bond acceptors (Lipinski definition) is 6. The van der Waals surface area contributed by atoms with Crippen molar-refractivity contribution in [2.24, 2.45) is 16.1 Å². The molecule has 2 aromatic rings. The summed E-state index contributed by atoms with van der Waals surface area (Å²) in [6, 6.07) is 12.1. The summed E-state index contributed by atoms with van der Waals surface area (Å²) in [4.78, 5) is 13.3. The Morgan fingerprint density at radius 2 is 1.48 bits per heavy atom. The summed E-state index contributed by atoms with van der Waals surface area (Å²) in [7, 11) is -0.0609. The number of sulfonamides is 1. The number of carbonyl (C=O) groups is 1. The average molecular weight is 419 g/mol. The molecule has 8 nitrogen and oxygen atoms in total. The van der Waals surface area contributed by atoms with Crippen LogP contribution in [0.2, 0.25) is 0 Å². The lowest BCUT2D eigenvalue weighted by atomic mass is 10.1. The van der Waals surface area contributed by atoms with E-state index in [2.05, 4.69) is 15.0 Å². The van der Waals surface area contributed by atoms with Gasteiger partial charge in [0.05, 0.1) is 16.3 Å². The van der Waals surface area contributed by atoms with Crippen LogP contribution in [-0.4, -0.2) is 39.6 Å². The zero-order valence-corrected chi connectivity index (χ0v) is 17.7. The molecule has 156 valence electrons. The Kier molecular flexibility index (Phi) is 7.46. The second-order valence-corrected chi connectivity index (χ2v) is 8.96. The van der Waals surface area contributed by atoms with Gasteiger partial charge in [-0.3, -0.25) is 4.79 Å². The molecule has 0 amide bonds. The Hall–Kier alpha value is -2.78. The van der Waals surface area contributed by atoms with Crippen LogP contribution in [0.4, 0.5) is 17.1 Å². The van der Waals surface area contributed by atoms with Crippen molar-refractivity contribution in [3.63, 3.8) is 0 Å².